The molecule has 1 amide bonds. The first-order valence-corrected chi connectivity index (χ1v) is 8.65. The molecule has 1 saturated carbocycles. The third-order valence-electron chi connectivity index (χ3n) is 3.71. The Kier molecular flexibility index (Phi) is 3.38. The Balaban J connectivity index is 1.76. The maximum absolute atomic E-state index is 12.5. The van der Waals surface area contributed by atoms with Crippen molar-refractivity contribution in [3.8, 4) is 0 Å². The Labute approximate surface area is 116 Å². The minimum atomic E-state index is -0.200. The molecule has 2 heterocycles. The summed E-state index contributed by atoms with van der Waals surface area (Å²) in [5.41, 5.74) is -0.200. The minimum absolute atomic E-state index is 0.113. The summed E-state index contributed by atoms with van der Waals surface area (Å²) in [6, 6.07) is 4.18. The van der Waals surface area contributed by atoms with Gasteiger partial charge in [-0.2, -0.15) is 11.8 Å². The van der Waals surface area contributed by atoms with Crippen LogP contribution in [0.4, 0.5) is 0 Å². The van der Waals surface area contributed by atoms with E-state index < -0.39 is 0 Å². The Bertz CT molecular complexity index is 428. The number of carbonyl (C=O) groups is 1. The van der Waals surface area contributed by atoms with E-state index in [4.69, 9.17) is 0 Å². The number of thiophene rings is 1. The van der Waals surface area contributed by atoms with Gasteiger partial charge in [-0.25, -0.2) is 0 Å². The van der Waals surface area contributed by atoms with Gasteiger partial charge in [-0.05, 0) is 42.7 Å². The number of hydrogen-bond donors (Lipinski definition) is 1. The zero-order chi connectivity index (χ0) is 12.6. The largest absolute Gasteiger partial charge is 0.320 e. The fourth-order valence-corrected chi connectivity index (χ4v) is 3.76. The third-order valence-corrected chi connectivity index (χ3v) is 5.33. The summed E-state index contributed by atoms with van der Waals surface area (Å²) in [4.78, 5) is 15.8. The molecule has 3 rings (SSSR count). The van der Waals surface area contributed by atoms with Crippen molar-refractivity contribution in [1.29, 1.82) is 0 Å². The van der Waals surface area contributed by atoms with Crippen molar-refractivity contribution in [1.82, 2.24) is 10.2 Å². The van der Waals surface area contributed by atoms with Gasteiger partial charge >= 0.3 is 0 Å². The predicted molar refractivity (Wildman–Crippen MR) is 76.9 cm³/mol. The number of nitrogens with one attached hydrogen (secondary N) is 1. The standard InChI is InChI=1S/C13H18N2OS2/c1-17-8-3-7-15-11(10-4-2-9-18-10)14-13(5-6-13)12(15)16/h2,4,9,11,14H,3,5-8H2,1H3. The maximum atomic E-state index is 12.5. The van der Waals surface area contributed by atoms with Crippen molar-refractivity contribution >= 4 is 29.0 Å². The molecular formula is C13H18N2OS2. The summed E-state index contributed by atoms with van der Waals surface area (Å²) < 4.78 is 0. The van der Waals surface area contributed by atoms with Gasteiger partial charge in [0.1, 0.15) is 11.7 Å². The molecule has 1 N–H and O–H groups in total. The van der Waals surface area contributed by atoms with Gasteiger partial charge in [-0.15, -0.1) is 11.3 Å². The van der Waals surface area contributed by atoms with E-state index in [0.29, 0.717) is 5.91 Å². The number of amides is 1. The zero-order valence-corrected chi connectivity index (χ0v) is 12.1. The molecule has 5 heteroatoms. The lowest BCUT2D eigenvalue weighted by atomic mass is 10.2. The van der Waals surface area contributed by atoms with E-state index in [9.17, 15) is 4.79 Å². The Morgan fingerprint density at radius 3 is 3.06 bits per heavy atom. The van der Waals surface area contributed by atoms with E-state index in [1.54, 1.807) is 11.3 Å². The van der Waals surface area contributed by atoms with Gasteiger partial charge in [0.05, 0.1) is 0 Å². The van der Waals surface area contributed by atoms with Crippen molar-refractivity contribution in [3.05, 3.63) is 22.4 Å². The highest BCUT2D eigenvalue weighted by Gasteiger charge is 2.59. The smallest absolute Gasteiger partial charge is 0.244 e. The van der Waals surface area contributed by atoms with E-state index in [-0.39, 0.29) is 11.7 Å². The first-order chi connectivity index (χ1) is 8.77. The molecule has 1 aliphatic heterocycles. The molecule has 1 spiro atoms. The fraction of sp³-hybridized carbons (Fsp3) is 0.615. The van der Waals surface area contributed by atoms with Gasteiger partial charge in [0.15, 0.2) is 0 Å². The molecule has 0 aromatic carbocycles. The quantitative estimate of drug-likeness (QED) is 0.842. The second-order valence-electron chi connectivity index (χ2n) is 4.99. The minimum Gasteiger partial charge on any atom is -0.320 e. The molecule has 1 aliphatic carbocycles. The molecule has 3 nitrogen and oxygen atoms in total. The summed E-state index contributed by atoms with van der Waals surface area (Å²) in [5.74, 6) is 1.44. The van der Waals surface area contributed by atoms with Crippen molar-refractivity contribution in [2.45, 2.75) is 31.0 Å². The number of thioether (sulfide) groups is 1. The van der Waals surface area contributed by atoms with Crippen LogP contribution in [0, 0.1) is 0 Å². The summed E-state index contributed by atoms with van der Waals surface area (Å²) in [5, 5.41) is 5.63. The van der Waals surface area contributed by atoms with E-state index in [2.05, 4.69) is 34.0 Å². The van der Waals surface area contributed by atoms with Crippen LogP contribution in [0.3, 0.4) is 0 Å². The van der Waals surface area contributed by atoms with Gasteiger partial charge in [0, 0.05) is 11.4 Å². The monoisotopic (exact) mass is 282 g/mol. The normalized spacial score (nSPS) is 25.1. The van der Waals surface area contributed by atoms with Crippen molar-refractivity contribution in [2.75, 3.05) is 18.6 Å². The molecule has 1 saturated heterocycles. The highest BCUT2D eigenvalue weighted by Crippen LogP contribution is 2.46. The Hall–Kier alpha value is -0.520. The summed E-state index contributed by atoms with van der Waals surface area (Å²) in [7, 11) is 0. The average molecular weight is 282 g/mol. The molecule has 2 fully saturated rings. The summed E-state index contributed by atoms with van der Waals surface area (Å²) >= 11 is 3.58. The first-order valence-electron chi connectivity index (χ1n) is 6.38. The van der Waals surface area contributed by atoms with Gasteiger partial charge in [0.2, 0.25) is 5.91 Å². The van der Waals surface area contributed by atoms with Crippen molar-refractivity contribution in [3.63, 3.8) is 0 Å². The fourth-order valence-electron chi connectivity index (χ4n) is 2.56. The van der Waals surface area contributed by atoms with Gasteiger partial charge in [-0.1, -0.05) is 6.07 Å². The SMILES string of the molecule is CSCCCN1C(=O)C2(CC2)NC1c1cccs1. The van der Waals surface area contributed by atoms with Crippen molar-refractivity contribution in [2.24, 2.45) is 0 Å². The topological polar surface area (TPSA) is 32.3 Å². The highest BCUT2D eigenvalue weighted by atomic mass is 32.2. The van der Waals surface area contributed by atoms with Gasteiger partial charge in [0.25, 0.3) is 0 Å². The Morgan fingerprint density at radius 2 is 2.44 bits per heavy atom. The third kappa shape index (κ3) is 2.08. The molecule has 1 aromatic heterocycles. The lowest BCUT2D eigenvalue weighted by Gasteiger charge is -2.23. The van der Waals surface area contributed by atoms with Crippen LogP contribution < -0.4 is 5.32 Å². The van der Waals surface area contributed by atoms with Crippen LogP contribution >= 0.6 is 23.1 Å². The van der Waals surface area contributed by atoms with E-state index in [1.165, 1.54) is 4.88 Å². The van der Waals surface area contributed by atoms with Gasteiger partial charge in [-0.3, -0.25) is 10.1 Å². The number of carbonyl (C=O) groups excluding carboxylic acids is 1. The zero-order valence-electron chi connectivity index (χ0n) is 10.5. The van der Waals surface area contributed by atoms with Crippen LogP contribution in [-0.4, -0.2) is 34.9 Å². The average Bonchev–Trinajstić information content (AvgIpc) is 2.85. The van der Waals surface area contributed by atoms with E-state index >= 15 is 0 Å². The van der Waals surface area contributed by atoms with Crippen LogP contribution in [0.5, 0.6) is 0 Å². The van der Waals surface area contributed by atoms with E-state index in [0.717, 1.165) is 31.6 Å². The second-order valence-corrected chi connectivity index (χ2v) is 6.95. The lowest BCUT2D eigenvalue weighted by Crippen LogP contribution is -2.33. The predicted octanol–water partition coefficient (Wildman–Crippen LogP) is 2.46. The Morgan fingerprint density at radius 1 is 1.61 bits per heavy atom. The first kappa shape index (κ1) is 12.5. The molecule has 0 radical (unpaired) electrons. The molecule has 0 bridgehead atoms. The number of rotatable bonds is 5. The molecule has 1 atom stereocenters. The summed E-state index contributed by atoms with van der Waals surface area (Å²) in [6.07, 6.45) is 5.32. The molecule has 2 aliphatic rings. The van der Waals surface area contributed by atoms with Crippen molar-refractivity contribution < 1.29 is 4.79 Å². The van der Waals surface area contributed by atoms with Crippen LogP contribution in [0.1, 0.15) is 30.3 Å². The molecule has 1 aromatic rings. The lowest BCUT2D eigenvalue weighted by molar-refractivity contribution is -0.130. The summed E-state index contributed by atoms with van der Waals surface area (Å²) in [6.45, 7) is 0.872. The van der Waals surface area contributed by atoms with Gasteiger partial charge < -0.3 is 4.90 Å². The van der Waals surface area contributed by atoms with Crippen LogP contribution in [0.25, 0.3) is 0 Å². The number of hydrogen-bond acceptors (Lipinski definition) is 4. The second kappa shape index (κ2) is 4.87. The van der Waals surface area contributed by atoms with E-state index in [1.807, 2.05) is 11.8 Å². The highest BCUT2D eigenvalue weighted by molar-refractivity contribution is 7.98. The maximum Gasteiger partial charge on any atom is 0.244 e. The molecule has 18 heavy (non-hydrogen) atoms. The van der Waals surface area contributed by atoms with Crippen LogP contribution in [-0.2, 0) is 4.79 Å². The van der Waals surface area contributed by atoms with Crippen LogP contribution in [0.2, 0.25) is 0 Å². The molecule has 1 unspecified atom stereocenters. The molecular weight excluding hydrogens is 264 g/mol. The molecule has 98 valence electrons. The van der Waals surface area contributed by atoms with Crippen LogP contribution in [0.15, 0.2) is 17.5 Å². The number of nitrogens with zero attached hydrogens (tertiary/aromatic N) is 1.